The number of aromatic nitrogens is 2. The summed E-state index contributed by atoms with van der Waals surface area (Å²) in [7, 11) is 1.65. The number of hydrogen-bond donors (Lipinski definition) is 3. The van der Waals surface area contributed by atoms with Gasteiger partial charge in [0.2, 0.25) is 5.95 Å². The number of rotatable bonds is 8. The maximum atomic E-state index is 5.45. The van der Waals surface area contributed by atoms with Gasteiger partial charge in [-0.2, -0.15) is 4.98 Å². The van der Waals surface area contributed by atoms with E-state index in [1.807, 2.05) is 51.1 Å². The van der Waals surface area contributed by atoms with E-state index < -0.39 is 0 Å². The van der Waals surface area contributed by atoms with E-state index in [0.29, 0.717) is 30.1 Å². The van der Waals surface area contributed by atoms with Gasteiger partial charge in [-0.15, -0.1) is 0 Å². The van der Waals surface area contributed by atoms with Gasteiger partial charge in [0.1, 0.15) is 11.6 Å². The van der Waals surface area contributed by atoms with Crippen molar-refractivity contribution in [2.24, 2.45) is 0 Å². The highest BCUT2D eigenvalue weighted by molar-refractivity contribution is 7.80. The number of aryl methyl sites for hydroxylation is 1. The molecular weight excluding hydrogens is 350 g/mol. The molecule has 0 spiro atoms. The maximum absolute atomic E-state index is 5.45. The van der Waals surface area contributed by atoms with Gasteiger partial charge >= 0.3 is 0 Å². The molecule has 7 nitrogen and oxygen atoms in total. The Morgan fingerprint density at radius 1 is 1.23 bits per heavy atom. The summed E-state index contributed by atoms with van der Waals surface area (Å²) < 4.78 is 10.5. The summed E-state index contributed by atoms with van der Waals surface area (Å²) in [6, 6.07) is 9.66. The molecule has 0 amide bonds. The highest BCUT2D eigenvalue weighted by Gasteiger charge is 2.07. The molecule has 140 valence electrons. The van der Waals surface area contributed by atoms with Crippen LogP contribution in [0.25, 0.3) is 0 Å². The molecule has 0 bridgehead atoms. The largest absolute Gasteiger partial charge is 0.494 e. The van der Waals surface area contributed by atoms with Crippen molar-refractivity contribution in [1.82, 2.24) is 15.3 Å². The minimum Gasteiger partial charge on any atom is -0.494 e. The van der Waals surface area contributed by atoms with Crippen LogP contribution in [0.3, 0.4) is 0 Å². The summed E-state index contributed by atoms with van der Waals surface area (Å²) in [6.45, 7) is 7.04. The minimum absolute atomic E-state index is 0.0891. The lowest BCUT2D eigenvalue weighted by Gasteiger charge is -2.16. The second-order valence-electron chi connectivity index (χ2n) is 5.76. The van der Waals surface area contributed by atoms with Crippen molar-refractivity contribution in [3.63, 3.8) is 0 Å². The number of nitrogens with one attached hydrogen (secondary N) is 3. The Kier molecular flexibility index (Phi) is 7.55. The van der Waals surface area contributed by atoms with E-state index in [2.05, 4.69) is 25.9 Å². The number of nitrogens with zero attached hydrogens (tertiary/aromatic N) is 2. The molecule has 8 heteroatoms. The van der Waals surface area contributed by atoms with Gasteiger partial charge in [-0.25, -0.2) is 4.98 Å². The topological polar surface area (TPSA) is 80.3 Å². The van der Waals surface area contributed by atoms with Gasteiger partial charge in [0, 0.05) is 30.6 Å². The van der Waals surface area contributed by atoms with Crippen LogP contribution in [0.2, 0.25) is 0 Å². The second kappa shape index (κ2) is 9.88. The van der Waals surface area contributed by atoms with Gasteiger partial charge < -0.3 is 25.4 Å². The summed E-state index contributed by atoms with van der Waals surface area (Å²) in [5.74, 6) is 1.94. The van der Waals surface area contributed by atoms with E-state index in [9.17, 15) is 0 Å². The van der Waals surface area contributed by atoms with E-state index in [4.69, 9.17) is 21.7 Å². The molecular formula is C18H25N5O2S. The van der Waals surface area contributed by atoms with Crippen molar-refractivity contribution >= 4 is 34.8 Å². The molecule has 1 aromatic carbocycles. The highest BCUT2D eigenvalue weighted by atomic mass is 32.1. The van der Waals surface area contributed by atoms with Crippen LogP contribution in [0, 0.1) is 6.92 Å². The van der Waals surface area contributed by atoms with E-state index in [1.165, 1.54) is 0 Å². The third-order valence-corrected chi connectivity index (χ3v) is 3.53. The fourth-order valence-electron chi connectivity index (χ4n) is 2.29. The van der Waals surface area contributed by atoms with Crippen molar-refractivity contribution < 1.29 is 9.47 Å². The van der Waals surface area contributed by atoms with Crippen molar-refractivity contribution in [3.05, 3.63) is 36.0 Å². The number of benzene rings is 1. The molecule has 0 unspecified atom stereocenters. The highest BCUT2D eigenvalue weighted by Crippen LogP contribution is 2.20. The fourth-order valence-corrected chi connectivity index (χ4v) is 2.58. The van der Waals surface area contributed by atoms with Gasteiger partial charge in [-0.05, 0) is 57.3 Å². The molecule has 2 aromatic rings. The molecule has 1 heterocycles. The Morgan fingerprint density at radius 2 is 1.96 bits per heavy atom. The molecule has 2 rings (SSSR count). The average molecular weight is 375 g/mol. The van der Waals surface area contributed by atoms with Crippen molar-refractivity contribution in [3.8, 4) is 5.75 Å². The Bertz CT molecular complexity index is 724. The van der Waals surface area contributed by atoms with Crippen molar-refractivity contribution in [1.29, 1.82) is 0 Å². The zero-order valence-corrected chi connectivity index (χ0v) is 16.3. The number of ether oxygens (including phenoxy) is 2. The summed E-state index contributed by atoms with van der Waals surface area (Å²) in [5.41, 5.74) is 1.73. The van der Waals surface area contributed by atoms with Crippen LogP contribution in [-0.2, 0) is 4.74 Å². The first-order valence-corrected chi connectivity index (χ1v) is 8.83. The zero-order valence-electron chi connectivity index (χ0n) is 15.5. The normalized spacial score (nSPS) is 11.5. The molecule has 0 aliphatic carbocycles. The lowest BCUT2D eigenvalue weighted by molar-refractivity contribution is 0.179. The maximum Gasteiger partial charge on any atom is 0.231 e. The molecule has 0 aliphatic heterocycles. The predicted molar refractivity (Wildman–Crippen MR) is 108 cm³/mol. The summed E-state index contributed by atoms with van der Waals surface area (Å²) in [5, 5.41) is 9.83. The first-order chi connectivity index (χ1) is 12.5. The first-order valence-electron chi connectivity index (χ1n) is 8.42. The summed E-state index contributed by atoms with van der Waals surface area (Å²) >= 11 is 5.29. The number of thiocarbonyl (C=S) groups is 1. The third kappa shape index (κ3) is 6.45. The van der Waals surface area contributed by atoms with Gasteiger partial charge in [-0.3, -0.25) is 0 Å². The Hall–Kier alpha value is -2.45. The molecule has 0 saturated carbocycles. The standard InChI is InChI=1S/C18H25N5O2S/c1-5-25-15-8-6-14(7-9-15)21-16-10-12(2)19-17(22-16)23-18(26)20-13(3)11-24-4/h6-10,13H,5,11H2,1-4H3,(H3,19,20,21,22,23,26)/t13-/m0/s1. The number of methoxy groups -OCH3 is 1. The summed E-state index contributed by atoms with van der Waals surface area (Å²) in [6.07, 6.45) is 0. The van der Waals surface area contributed by atoms with Gasteiger partial charge in [0.25, 0.3) is 0 Å². The SMILES string of the molecule is CCOc1ccc(Nc2cc(C)nc(NC(=S)N[C@@H](C)COC)n2)cc1. The van der Waals surface area contributed by atoms with Crippen LogP contribution in [-0.4, -0.2) is 41.4 Å². The van der Waals surface area contributed by atoms with Crippen LogP contribution in [0.4, 0.5) is 17.5 Å². The molecule has 1 aromatic heterocycles. The van der Waals surface area contributed by atoms with E-state index in [-0.39, 0.29) is 6.04 Å². The van der Waals surface area contributed by atoms with Gasteiger partial charge in [0.05, 0.1) is 13.2 Å². The third-order valence-electron chi connectivity index (χ3n) is 3.31. The smallest absolute Gasteiger partial charge is 0.231 e. The number of hydrogen-bond acceptors (Lipinski definition) is 6. The first kappa shape index (κ1) is 19.9. The molecule has 1 atom stereocenters. The lowest BCUT2D eigenvalue weighted by Crippen LogP contribution is -2.38. The number of anilines is 3. The predicted octanol–water partition coefficient (Wildman–Crippen LogP) is 3.25. The molecule has 26 heavy (non-hydrogen) atoms. The van der Waals surface area contributed by atoms with Crippen molar-refractivity contribution in [2.75, 3.05) is 31.0 Å². The van der Waals surface area contributed by atoms with Crippen LogP contribution in [0.15, 0.2) is 30.3 Å². The lowest BCUT2D eigenvalue weighted by atomic mass is 10.3. The van der Waals surface area contributed by atoms with Crippen LogP contribution in [0.1, 0.15) is 19.5 Å². The van der Waals surface area contributed by atoms with E-state index in [0.717, 1.165) is 17.1 Å². The molecule has 0 radical (unpaired) electrons. The molecule has 0 aliphatic rings. The van der Waals surface area contributed by atoms with E-state index in [1.54, 1.807) is 7.11 Å². The van der Waals surface area contributed by atoms with Crippen LogP contribution >= 0.6 is 12.2 Å². The minimum atomic E-state index is 0.0891. The monoisotopic (exact) mass is 375 g/mol. The zero-order chi connectivity index (χ0) is 18.9. The quantitative estimate of drug-likeness (QED) is 0.607. The Morgan fingerprint density at radius 3 is 2.62 bits per heavy atom. The summed E-state index contributed by atoms with van der Waals surface area (Å²) in [4.78, 5) is 8.82. The van der Waals surface area contributed by atoms with E-state index >= 15 is 0 Å². The second-order valence-corrected chi connectivity index (χ2v) is 6.16. The molecule has 3 N–H and O–H groups in total. The fraction of sp³-hybridized carbons (Fsp3) is 0.389. The van der Waals surface area contributed by atoms with Crippen LogP contribution in [0.5, 0.6) is 5.75 Å². The Labute approximate surface area is 159 Å². The average Bonchev–Trinajstić information content (AvgIpc) is 2.56. The van der Waals surface area contributed by atoms with Gasteiger partial charge in [0.15, 0.2) is 5.11 Å². The van der Waals surface area contributed by atoms with Crippen LogP contribution < -0.4 is 20.7 Å². The molecule has 0 saturated heterocycles. The van der Waals surface area contributed by atoms with Crippen molar-refractivity contribution in [2.45, 2.75) is 26.8 Å². The van der Waals surface area contributed by atoms with Gasteiger partial charge in [-0.1, -0.05) is 0 Å². The Balaban J connectivity index is 2.03. The molecule has 0 fully saturated rings.